The molecular formula is C20H19N3O2S. The van der Waals surface area contributed by atoms with Gasteiger partial charge in [0.25, 0.3) is 5.91 Å². The highest BCUT2D eigenvalue weighted by atomic mass is 32.2. The number of carbonyl (C=O) groups excluding carboxylic acids is 1. The van der Waals surface area contributed by atoms with Gasteiger partial charge in [0, 0.05) is 12.2 Å². The third-order valence-corrected chi connectivity index (χ3v) is 5.08. The molecule has 0 unspecified atom stereocenters. The fourth-order valence-electron chi connectivity index (χ4n) is 2.54. The predicted octanol–water partition coefficient (Wildman–Crippen LogP) is 4.28. The summed E-state index contributed by atoms with van der Waals surface area (Å²) in [6.07, 6.45) is 1.68. The second kappa shape index (κ2) is 7.58. The van der Waals surface area contributed by atoms with Crippen molar-refractivity contribution in [1.82, 2.24) is 9.88 Å². The first-order chi connectivity index (χ1) is 12.5. The van der Waals surface area contributed by atoms with Crippen LogP contribution in [0.1, 0.15) is 18.2 Å². The molecule has 3 rings (SSSR count). The molecule has 0 radical (unpaired) electrons. The van der Waals surface area contributed by atoms with Crippen molar-refractivity contribution in [3.05, 3.63) is 71.3 Å². The van der Waals surface area contributed by atoms with Crippen LogP contribution in [0.4, 0.5) is 5.82 Å². The first-order valence-corrected chi connectivity index (χ1v) is 8.94. The van der Waals surface area contributed by atoms with Gasteiger partial charge in [-0.1, -0.05) is 24.3 Å². The number of phenols is 1. The van der Waals surface area contributed by atoms with Gasteiger partial charge in [-0.2, -0.15) is 0 Å². The Morgan fingerprint density at radius 2 is 2.04 bits per heavy atom. The Bertz CT molecular complexity index is 917. The molecule has 6 heteroatoms. The van der Waals surface area contributed by atoms with E-state index in [1.165, 1.54) is 11.8 Å². The Morgan fingerprint density at radius 1 is 1.31 bits per heavy atom. The van der Waals surface area contributed by atoms with E-state index in [2.05, 4.69) is 16.6 Å². The van der Waals surface area contributed by atoms with E-state index >= 15 is 0 Å². The van der Waals surface area contributed by atoms with Crippen molar-refractivity contribution < 1.29 is 9.90 Å². The van der Waals surface area contributed by atoms with Gasteiger partial charge in [-0.3, -0.25) is 9.69 Å². The lowest BCUT2D eigenvalue weighted by atomic mass is 10.1. The van der Waals surface area contributed by atoms with Gasteiger partial charge in [0.05, 0.1) is 4.91 Å². The Labute approximate surface area is 156 Å². The number of benzene rings is 1. The molecule has 2 heterocycles. The minimum atomic E-state index is -0.105. The molecule has 1 aromatic carbocycles. The number of rotatable bonds is 4. The summed E-state index contributed by atoms with van der Waals surface area (Å²) in [6, 6.07) is 12.4. The summed E-state index contributed by atoms with van der Waals surface area (Å²) in [5.41, 5.74) is 2.59. The van der Waals surface area contributed by atoms with Crippen LogP contribution in [-0.2, 0) is 4.79 Å². The van der Waals surface area contributed by atoms with Crippen LogP contribution in [0, 0.1) is 6.92 Å². The van der Waals surface area contributed by atoms with Crippen LogP contribution in [0.2, 0.25) is 0 Å². The molecule has 1 N–H and O–H groups in total. The maximum Gasteiger partial charge on any atom is 0.267 e. The average molecular weight is 365 g/mol. The summed E-state index contributed by atoms with van der Waals surface area (Å²) in [5, 5.41) is 10.0. The molecule has 0 saturated carbocycles. The van der Waals surface area contributed by atoms with Crippen LogP contribution in [0.15, 0.2) is 65.0 Å². The fraction of sp³-hybridized carbons (Fsp3) is 0.150. The molecular weight excluding hydrogens is 346 g/mol. The van der Waals surface area contributed by atoms with Crippen molar-refractivity contribution in [2.45, 2.75) is 13.8 Å². The molecule has 26 heavy (non-hydrogen) atoms. The first-order valence-electron chi connectivity index (χ1n) is 8.13. The molecule has 1 amide bonds. The lowest BCUT2D eigenvalue weighted by Crippen LogP contribution is -2.29. The maximum absolute atomic E-state index is 12.9. The molecule has 132 valence electrons. The molecule has 0 bridgehead atoms. The number of hydrogen-bond donors (Lipinski definition) is 1. The second-order valence-electron chi connectivity index (χ2n) is 5.84. The van der Waals surface area contributed by atoms with Crippen molar-refractivity contribution >= 4 is 34.2 Å². The number of allylic oxidation sites excluding steroid dienone is 1. The molecule has 0 aliphatic carbocycles. The van der Waals surface area contributed by atoms with Gasteiger partial charge >= 0.3 is 0 Å². The number of thioether (sulfide) groups is 1. The average Bonchev–Trinajstić information content (AvgIpc) is 2.92. The van der Waals surface area contributed by atoms with E-state index in [4.69, 9.17) is 0 Å². The molecule has 1 aliphatic heterocycles. The molecule has 1 saturated heterocycles. The standard InChI is InChI=1S/C20H19N3O2S/c1-4-12-23-19(25)18(14(3)15-8-10-16(24)11-9-15)26-20(23)22-17-7-5-6-13(2)21-17/h4-11,24H,1,12H2,2-3H3/b18-14-,22-20+. The summed E-state index contributed by atoms with van der Waals surface area (Å²) in [7, 11) is 0. The summed E-state index contributed by atoms with van der Waals surface area (Å²) >= 11 is 1.33. The van der Waals surface area contributed by atoms with Gasteiger partial charge in [-0.05, 0) is 61.0 Å². The summed E-state index contributed by atoms with van der Waals surface area (Å²) in [6.45, 7) is 7.91. The van der Waals surface area contributed by atoms with Gasteiger partial charge in [0.1, 0.15) is 5.75 Å². The lowest BCUT2D eigenvalue weighted by Gasteiger charge is -2.12. The van der Waals surface area contributed by atoms with Crippen molar-refractivity contribution in [2.24, 2.45) is 4.99 Å². The van der Waals surface area contributed by atoms with Crippen LogP contribution in [-0.4, -0.2) is 32.6 Å². The number of aryl methyl sites for hydroxylation is 1. The van der Waals surface area contributed by atoms with E-state index in [0.717, 1.165) is 16.8 Å². The zero-order chi connectivity index (χ0) is 18.7. The van der Waals surface area contributed by atoms with Gasteiger partial charge < -0.3 is 5.11 Å². The first kappa shape index (κ1) is 17.9. The van der Waals surface area contributed by atoms with E-state index in [0.29, 0.717) is 22.4 Å². The Hall–Kier alpha value is -2.86. The van der Waals surface area contributed by atoms with Gasteiger partial charge in [-0.15, -0.1) is 6.58 Å². The molecule has 5 nitrogen and oxygen atoms in total. The van der Waals surface area contributed by atoms with Crippen LogP contribution in [0.5, 0.6) is 5.75 Å². The summed E-state index contributed by atoms with van der Waals surface area (Å²) in [5.74, 6) is 0.655. The molecule has 1 aliphatic rings. The quantitative estimate of drug-likeness (QED) is 0.649. The van der Waals surface area contributed by atoms with E-state index in [-0.39, 0.29) is 11.7 Å². The molecule has 0 atom stereocenters. The number of pyridine rings is 1. The summed E-state index contributed by atoms with van der Waals surface area (Å²) < 4.78 is 0. The van der Waals surface area contributed by atoms with Gasteiger partial charge in [0.2, 0.25) is 0 Å². The monoisotopic (exact) mass is 365 g/mol. The Balaban J connectivity index is 2.02. The normalized spacial score (nSPS) is 17.7. The zero-order valence-corrected chi connectivity index (χ0v) is 15.5. The number of hydrogen-bond acceptors (Lipinski definition) is 5. The van der Waals surface area contributed by atoms with Crippen LogP contribution >= 0.6 is 11.8 Å². The van der Waals surface area contributed by atoms with E-state index in [1.807, 2.05) is 32.0 Å². The van der Waals surface area contributed by atoms with E-state index < -0.39 is 0 Å². The second-order valence-corrected chi connectivity index (χ2v) is 6.82. The highest BCUT2D eigenvalue weighted by Gasteiger charge is 2.34. The highest BCUT2D eigenvalue weighted by molar-refractivity contribution is 8.18. The number of amidine groups is 1. The van der Waals surface area contributed by atoms with Crippen LogP contribution < -0.4 is 0 Å². The topological polar surface area (TPSA) is 65.8 Å². The zero-order valence-electron chi connectivity index (χ0n) is 14.6. The van der Waals surface area contributed by atoms with Crippen molar-refractivity contribution in [3.63, 3.8) is 0 Å². The molecule has 1 fully saturated rings. The largest absolute Gasteiger partial charge is 0.508 e. The molecule has 0 spiro atoms. The number of phenolic OH excluding ortho intramolecular Hbond substituents is 1. The molecule has 1 aromatic heterocycles. The number of carbonyl (C=O) groups is 1. The minimum absolute atomic E-state index is 0.105. The SMILES string of the molecule is C=CCN1C(=O)/C(=C(\C)c2ccc(O)cc2)S/C1=N/c1cccc(C)n1. The number of nitrogens with zero attached hydrogens (tertiary/aromatic N) is 3. The lowest BCUT2D eigenvalue weighted by molar-refractivity contribution is -0.121. The van der Waals surface area contributed by atoms with Gasteiger partial charge in [-0.25, -0.2) is 9.98 Å². The third kappa shape index (κ3) is 3.70. The van der Waals surface area contributed by atoms with Gasteiger partial charge in [0.15, 0.2) is 11.0 Å². The summed E-state index contributed by atoms with van der Waals surface area (Å²) in [4.78, 5) is 24.1. The Kier molecular flexibility index (Phi) is 5.23. The maximum atomic E-state index is 12.9. The number of aliphatic imine (C=N–C) groups is 1. The van der Waals surface area contributed by atoms with Crippen molar-refractivity contribution in [1.29, 1.82) is 0 Å². The van der Waals surface area contributed by atoms with E-state index in [1.54, 1.807) is 35.2 Å². The van der Waals surface area contributed by atoms with Crippen LogP contribution in [0.25, 0.3) is 5.57 Å². The number of amides is 1. The third-order valence-electron chi connectivity index (χ3n) is 3.90. The smallest absolute Gasteiger partial charge is 0.267 e. The number of aromatic hydroxyl groups is 1. The minimum Gasteiger partial charge on any atom is -0.508 e. The van der Waals surface area contributed by atoms with Crippen molar-refractivity contribution in [3.8, 4) is 5.75 Å². The van der Waals surface area contributed by atoms with E-state index in [9.17, 15) is 9.90 Å². The predicted molar refractivity (Wildman–Crippen MR) is 106 cm³/mol. The molecule has 2 aromatic rings. The van der Waals surface area contributed by atoms with Crippen LogP contribution in [0.3, 0.4) is 0 Å². The fourth-order valence-corrected chi connectivity index (χ4v) is 3.60. The highest BCUT2D eigenvalue weighted by Crippen LogP contribution is 2.37. The number of aromatic nitrogens is 1. The Morgan fingerprint density at radius 3 is 2.69 bits per heavy atom. The van der Waals surface area contributed by atoms with Crippen molar-refractivity contribution in [2.75, 3.05) is 6.54 Å².